The highest BCUT2D eigenvalue weighted by Gasteiger charge is 2.17. The largest absolute Gasteiger partial charge is 0.481 e. The number of aliphatic carboxylic acids is 1. The van der Waals surface area contributed by atoms with Crippen molar-refractivity contribution >= 4 is 11.6 Å². The van der Waals surface area contributed by atoms with E-state index in [1.165, 1.54) is 0 Å². The highest BCUT2D eigenvalue weighted by atomic mass is 16.4. The molecule has 2 aromatic rings. The molecule has 0 aliphatic rings. The second-order valence-electron chi connectivity index (χ2n) is 5.23. The average molecular weight is 299 g/mol. The second-order valence-corrected chi connectivity index (χ2v) is 5.23. The van der Waals surface area contributed by atoms with Crippen LogP contribution in [0.5, 0.6) is 0 Å². The molecule has 1 N–H and O–H groups in total. The van der Waals surface area contributed by atoms with Crippen molar-refractivity contribution in [3.63, 3.8) is 0 Å². The second kappa shape index (κ2) is 7.04. The Kier molecular flexibility index (Phi) is 5.12. The molecule has 0 saturated carbocycles. The van der Waals surface area contributed by atoms with E-state index in [0.717, 1.165) is 16.9 Å². The van der Waals surface area contributed by atoms with E-state index in [4.69, 9.17) is 5.11 Å². The van der Waals surface area contributed by atoms with Gasteiger partial charge < -0.3 is 9.51 Å². The SMILES string of the molecule is C=CCN(CC=C)Cc1c(CC(=O)O)nc2c(C)cccn12. The summed E-state index contributed by atoms with van der Waals surface area (Å²) in [5, 5.41) is 9.13. The maximum absolute atomic E-state index is 11.1. The lowest BCUT2D eigenvalue weighted by molar-refractivity contribution is -0.136. The molecule has 116 valence electrons. The summed E-state index contributed by atoms with van der Waals surface area (Å²) in [5.74, 6) is -0.874. The molecule has 0 unspecified atom stereocenters. The summed E-state index contributed by atoms with van der Waals surface area (Å²) in [4.78, 5) is 17.8. The van der Waals surface area contributed by atoms with Gasteiger partial charge in [-0.25, -0.2) is 4.98 Å². The van der Waals surface area contributed by atoms with Gasteiger partial charge in [-0.05, 0) is 18.6 Å². The number of aromatic nitrogens is 2. The molecule has 0 atom stereocenters. The number of hydrogen-bond acceptors (Lipinski definition) is 3. The van der Waals surface area contributed by atoms with Crippen LogP contribution < -0.4 is 0 Å². The van der Waals surface area contributed by atoms with Crippen LogP contribution in [0.3, 0.4) is 0 Å². The van der Waals surface area contributed by atoms with E-state index in [9.17, 15) is 4.79 Å². The zero-order chi connectivity index (χ0) is 16.1. The summed E-state index contributed by atoms with van der Waals surface area (Å²) in [6.45, 7) is 11.5. The minimum Gasteiger partial charge on any atom is -0.481 e. The maximum Gasteiger partial charge on any atom is 0.309 e. The fourth-order valence-electron chi connectivity index (χ4n) is 2.53. The molecule has 2 rings (SSSR count). The Morgan fingerprint density at radius 2 is 2.09 bits per heavy atom. The standard InChI is InChI=1S/C17H21N3O2/c1-4-8-19(9-5-2)12-15-14(11-16(21)22)18-17-13(3)7-6-10-20(15)17/h4-7,10H,1-2,8-9,11-12H2,3H3,(H,21,22). The first-order valence-electron chi connectivity index (χ1n) is 7.18. The van der Waals surface area contributed by atoms with Crippen molar-refractivity contribution in [2.75, 3.05) is 13.1 Å². The summed E-state index contributed by atoms with van der Waals surface area (Å²) in [6, 6.07) is 3.92. The average Bonchev–Trinajstić information content (AvgIpc) is 2.78. The van der Waals surface area contributed by atoms with Crippen LogP contribution in [0.15, 0.2) is 43.6 Å². The number of rotatable bonds is 8. The molecule has 0 aliphatic carbocycles. The van der Waals surface area contributed by atoms with E-state index < -0.39 is 5.97 Å². The van der Waals surface area contributed by atoms with Crippen molar-refractivity contribution in [3.05, 3.63) is 60.6 Å². The lowest BCUT2D eigenvalue weighted by atomic mass is 10.2. The van der Waals surface area contributed by atoms with Crippen molar-refractivity contribution in [2.45, 2.75) is 19.9 Å². The molecule has 5 heteroatoms. The molecule has 0 fully saturated rings. The zero-order valence-corrected chi connectivity index (χ0v) is 12.8. The predicted molar refractivity (Wildman–Crippen MR) is 86.9 cm³/mol. The van der Waals surface area contributed by atoms with Crippen molar-refractivity contribution < 1.29 is 9.90 Å². The number of imidazole rings is 1. The minimum absolute atomic E-state index is 0.0769. The fraction of sp³-hybridized carbons (Fsp3) is 0.294. The topological polar surface area (TPSA) is 57.8 Å². The van der Waals surface area contributed by atoms with Crippen LogP contribution in [0.1, 0.15) is 17.0 Å². The Balaban J connectivity index is 2.48. The Bertz CT molecular complexity index is 693. The highest BCUT2D eigenvalue weighted by Crippen LogP contribution is 2.18. The van der Waals surface area contributed by atoms with Crippen LogP contribution in [0, 0.1) is 6.92 Å². The van der Waals surface area contributed by atoms with Gasteiger partial charge in [-0.1, -0.05) is 18.2 Å². The molecule has 2 aromatic heterocycles. The smallest absolute Gasteiger partial charge is 0.309 e. The van der Waals surface area contributed by atoms with E-state index in [1.807, 2.05) is 41.8 Å². The molecule has 0 bridgehead atoms. The van der Waals surface area contributed by atoms with Gasteiger partial charge in [0.15, 0.2) is 0 Å². The first-order chi connectivity index (χ1) is 10.6. The van der Waals surface area contributed by atoms with Gasteiger partial charge >= 0.3 is 5.97 Å². The van der Waals surface area contributed by atoms with Crippen LogP contribution in [-0.2, 0) is 17.8 Å². The van der Waals surface area contributed by atoms with Gasteiger partial charge in [0.2, 0.25) is 0 Å². The third-order valence-corrected chi connectivity index (χ3v) is 3.49. The maximum atomic E-state index is 11.1. The van der Waals surface area contributed by atoms with Crippen molar-refractivity contribution in [2.24, 2.45) is 0 Å². The zero-order valence-electron chi connectivity index (χ0n) is 12.8. The quantitative estimate of drug-likeness (QED) is 0.761. The Morgan fingerprint density at radius 1 is 1.41 bits per heavy atom. The number of hydrogen-bond donors (Lipinski definition) is 1. The van der Waals surface area contributed by atoms with Gasteiger partial charge in [0.25, 0.3) is 0 Å². The number of carbonyl (C=O) groups is 1. The lowest BCUT2D eigenvalue weighted by Gasteiger charge is -2.19. The molecule has 2 heterocycles. The summed E-state index contributed by atoms with van der Waals surface area (Å²) in [7, 11) is 0. The van der Waals surface area contributed by atoms with Gasteiger partial charge in [-0.3, -0.25) is 9.69 Å². The Hall–Kier alpha value is -2.40. The highest BCUT2D eigenvalue weighted by molar-refractivity contribution is 5.70. The lowest BCUT2D eigenvalue weighted by Crippen LogP contribution is -2.25. The molecule has 0 saturated heterocycles. The van der Waals surface area contributed by atoms with Crippen LogP contribution in [0.25, 0.3) is 5.65 Å². The summed E-state index contributed by atoms with van der Waals surface area (Å²) < 4.78 is 1.98. The molecular weight excluding hydrogens is 278 g/mol. The molecule has 5 nitrogen and oxygen atoms in total. The molecule has 0 aliphatic heterocycles. The molecule has 0 amide bonds. The van der Waals surface area contributed by atoms with Gasteiger partial charge in [0.05, 0.1) is 17.8 Å². The van der Waals surface area contributed by atoms with E-state index in [-0.39, 0.29) is 6.42 Å². The third kappa shape index (κ3) is 3.43. The van der Waals surface area contributed by atoms with Crippen LogP contribution in [0.2, 0.25) is 0 Å². The van der Waals surface area contributed by atoms with E-state index in [1.54, 1.807) is 0 Å². The summed E-state index contributed by atoms with van der Waals surface area (Å²) in [5.41, 5.74) is 3.36. The predicted octanol–water partition coefficient (Wildman–Crippen LogP) is 2.44. The van der Waals surface area contributed by atoms with Gasteiger partial charge in [-0.15, -0.1) is 13.2 Å². The van der Waals surface area contributed by atoms with Gasteiger partial charge in [0, 0.05) is 25.8 Å². The number of pyridine rings is 1. The van der Waals surface area contributed by atoms with Gasteiger partial charge in [-0.2, -0.15) is 0 Å². The number of aryl methyl sites for hydroxylation is 1. The number of carboxylic acids is 1. The van der Waals surface area contributed by atoms with Crippen LogP contribution >= 0.6 is 0 Å². The van der Waals surface area contributed by atoms with E-state index in [0.29, 0.717) is 25.3 Å². The first-order valence-corrected chi connectivity index (χ1v) is 7.18. The molecular formula is C17H21N3O2. The van der Waals surface area contributed by atoms with E-state index >= 15 is 0 Å². The minimum atomic E-state index is -0.874. The van der Waals surface area contributed by atoms with Crippen LogP contribution in [-0.4, -0.2) is 38.4 Å². The number of carboxylic acid groups (broad SMARTS) is 1. The molecule has 22 heavy (non-hydrogen) atoms. The number of nitrogens with zero attached hydrogens (tertiary/aromatic N) is 3. The normalized spacial score (nSPS) is 11.0. The third-order valence-electron chi connectivity index (χ3n) is 3.49. The Labute approximate surface area is 130 Å². The van der Waals surface area contributed by atoms with Crippen LogP contribution in [0.4, 0.5) is 0 Å². The molecule has 0 aromatic carbocycles. The number of fused-ring (bicyclic) bond motifs is 1. The monoisotopic (exact) mass is 299 g/mol. The fourth-order valence-corrected chi connectivity index (χ4v) is 2.53. The van der Waals surface area contributed by atoms with Crippen molar-refractivity contribution in [3.8, 4) is 0 Å². The Morgan fingerprint density at radius 3 is 2.68 bits per heavy atom. The molecule has 0 spiro atoms. The summed E-state index contributed by atoms with van der Waals surface area (Å²) >= 11 is 0. The van der Waals surface area contributed by atoms with Gasteiger partial charge in [0.1, 0.15) is 5.65 Å². The van der Waals surface area contributed by atoms with E-state index in [2.05, 4.69) is 23.0 Å². The van der Waals surface area contributed by atoms with Crippen molar-refractivity contribution in [1.82, 2.24) is 14.3 Å². The first kappa shape index (κ1) is 16.0. The summed E-state index contributed by atoms with van der Waals surface area (Å²) in [6.07, 6.45) is 5.51. The van der Waals surface area contributed by atoms with Crippen molar-refractivity contribution in [1.29, 1.82) is 0 Å². The molecule has 0 radical (unpaired) electrons.